The molecule has 1 unspecified atom stereocenters. The molecule has 0 spiro atoms. The van der Waals surface area contributed by atoms with E-state index in [2.05, 4.69) is 25.2 Å². The van der Waals surface area contributed by atoms with Gasteiger partial charge in [-0.2, -0.15) is 0 Å². The van der Waals surface area contributed by atoms with Crippen molar-refractivity contribution in [3.8, 4) is 5.75 Å². The predicted octanol–water partition coefficient (Wildman–Crippen LogP) is 2.66. The Morgan fingerprint density at radius 1 is 1.48 bits per heavy atom. The summed E-state index contributed by atoms with van der Waals surface area (Å²) in [6, 6.07) is 6.07. The minimum atomic E-state index is 0.0149. The maximum atomic E-state index is 12.0. The molecule has 1 atom stereocenters. The number of methoxy groups -OCH3 is 1. The van der Waals surface area contributed by atoms with Gasteiger partial charge < -0.3 is 14.8 Å². The highest BCUT2D eigenvalue weighted by atomic mass is 16.5. The Morgan fingerprint density at radius 2 is 2.29 bits per heavy atom. The van der Waals surface area contributed by atoms with Gasteiger partial charge in [0.15, 0.2) is 0 Å². The molecule has 0 aliphatic carbocycles. The van der Waals surface area contributed by atoms with Gasteiger partial charge in [0, 0.05) is 18.7 Å². The van der Waals surface area contributed by atoms with Crippen molar-refractivity contribution in [2.75, 3.05) is 20.3 Å². The zero-order valence-electron chi connectivity index (χ0n) is 13.1. The van der Waals surface area contributed by atoms with Gasteiger partial charge in [-0.15, -0.1) is 0 Å². The highest BCUT2D eigenvalue weighted by molar-refractivity contribution is 5.79. The summed E-state index contributed by atoms with van der Waals surface area (Å²) in [5, 5.41) is 2.94. The molecule has 1 heterocycles. The van der Waals surface area contributed by atoms with Gasteiger partial charge in [0.25, 0.3) is 0 Å². The van der Waals surface area contributed by atoms with Crippen LogP contribution < -0.4 is 10.1 Å². The Bertz CT molecular complexity index is 479. The van der Waals surface area contributed by atoms with Crippen LogP contribution in [0.3, 0.4) is 0 Å². The molecule has 116 valence electrons. The van der Waals surface area contributed by atoms with E-state index in [4.69, 9.17) is 9.47 Å². The molecule has 21 heavy (non-hydrogen) atoms. The van der Waals surface area contributed by atoms with Crippen LogP contribution >= 0.6 is 0 Å². The average Bonchev–Trinajstić information content (AvgIpc) is 2.98. The summed E-state index contributed by atoms with van der Waals surface area (Å²) in [7, 11) is 1.65. The van der Waals surface area contributed by atoms with Crippen molar-refractivity contribution in [3.63, 3.8) is 0 Å². The molecule has 0 aromatic heterocycles. The van der Waals surface area contributed by atoms with Gasteiger partial charge in [-0.25, -0.2) is 0 Å². The standard InChI is InChI=1S/C17H25NO3/c1-12(2)13-6-7-14(16(9-13)20-3)10-17(19)18-11-15-5-4-8-21-15/h6-7,9,12,15H,4-5,8,10-11H2,1-3H3,(H,18,19). The second-order valence-corrected chi connectivity index (χ2v) is 5.84. The van der Waals surface area contributed by atoms with Crippen molar-refractivity contribution < 1.29 is 14.3 Å². The van der Waals surface area contributed by atoms with Crippen molar-refractivity contribution in [2.45, 2.75) is 45.1 Å². The SMILES string of the molecule is COc1cc(C(C)C)ccc1CC(=O)NCC1CCCO1. The van der Waals surface area contributed by atoms with Gasteiger partial charge in [-0.1, -0.05) is 26.0 Å². The quantitative estimate of drug-likeness (QED) is 0.876. The summed E-state index contributed by atoms with van der Waals surface area (Å²) in [5.74, 6) is 1.25. The van der Waals surface area contributed by atoms with Crippen LogP contribution in [-0.2, 0) is 16.0 Å². The number of rotatable bonds is 6. The maximum Gasteiger partial charge on any atom is 0.224 e. The van der Waals surface area contributed by atoms with E-state index in [-0.39, 0.29) is 12.0 Å². The number of nitrogens with one attached hydrogen (secondary N) is 1. The molecule has 0 radical (unpaired) electrons. The topological polar surface area (TPSA) is 47.6 Å². The lowest BCUT2D eigenvalue weighted by Crippen LogP contribution is -2.32. The second-order valence-electron chi connectivity index (χ2n) is 5.84. The molecule has 1 aromatic carbocycles. The summed E-state index contributed by atoms with van der Waals surface area (Å²) in [6.45, 7) is 5.70. The van der Waals surface area contributed by atoms with Crippen molar-refractivity contribution in [2.24, 2.45) is 0 Å². The number of carbonyl (C=O) groups is 1. The van der Waals surface area contributed by atoms with Gasteiger partial charge in [0.05, 0.1) is 19.6 Å². The lowest BCUT2D eigenvalue weighted by Gasteiger charge is -2.14. The number of ether oxygens (including phenoxy) is 2. The molecule has 1 fully saturated rings. The minimum absolute atomic E-state index is 0.0149. The molecule has 0 bridgehead atoms. The van der Waals surface area contributed by atoms with Crippen molar-refractivity contribution >= 4 is 5.91 Å². The Kier molecular flexibility index (Phi) is 5.62. The first-order chi connectivity index (χ1) is 10.1. The Balaban J connectivity index is 1.93. The summed E-state index contributed by atoms with van der Waals surface area (Å²) >= 11 is 0. The summed E-state index contributed by atoms with van der Waals surface area (Å²) in [4.78, 5) is 12.0. The molecular weight excluding hydrogens is 266 g/mol. The first-order valence-corrected chi connectivity index (χ1v) is 7.65. The fraction of sp³-hybridized carbons (Fsp3) is 0.588. The fourth-order valence-corrected chi connectivity index (χ4v) is 2.53. The Hall–Kier alpha value is -1.55. The van der Waals surface area contributed by atoms with Gasteiger partial charge in [0.1, 0.15) is 5.75 Å². The van der Waals surface area contributed by atoms with Crippen LogP contribution in [0.25, 0.3) is 0 Å². The van der Waals surface area contributed by atoms with E-state index in [9.17, 15) is 4.79 Å². The molecule has 0 saturated carbocycles. The maximum absolute atomic E-state index is 12.0. The van der Waals surface area contributed by atoms with Crippen molar-refractivity contribution in [1.29, 1.82) is 0 Å². The Labute approximate surface area is 126 Å². The molecule has 1 saturated heterocycles. The zero-order chi connectivity index (χ0) is 15.2. The number of benzene rings is 1. The highest BCUT2D eigenvalue weighted by Gasteiger charge is 2.17. The smallest absolute Gasteiger partial charge is 0.224 e. The molecule has 1 N–H and O–H groups in total. The number of hydrogen-bond acceptors (Lipinski definition) is 3. The van der Waals surface area contributed by atoms with Crippen LogP contribution in [-0.4, -0.2) is 32.3 Å². The van der Waals surface area contributed by atoms with E-state index in [0.717, 1.165) is 30.8 Å². The van der Waals surface area contributed by atoms with Crippen LogP contribution in [0.5, 0.6) is 5.75 Å². The van der Waals surface area contributed by atoms with Gasteiger partial charge >= 0.3 is 0 Å². The predicted molar refractivity (Wildman–Crippen MR) is 82.8 cm³/mol. The third kappa shape index (κ3) is 4.46. The molecule has 4 nitrogen and oxygen atoms in total. The van der Waals surface area contributed by atoms with Crippen LogP contribution in [0, 0.1) is 0 Å². The van der Waals surface area contributed by atoms with Crippen molar-refractivity contribution in [1.82, 2.24) is 5.32 Å². The second kappa shape index (κ2) is 7.46. The first-order valence-electron chi connectivity index (χ1n) is 7.65. The van der Waals surface area contributed by atoms with E-state index in [1.165, 1.54) is 5.56 Å². The molecule has 1 aliphatic heterocycles. The van der Waals surface area contributed by atoms with E-state index < -0.39 is 0 Å². The monoisotopic (exact) mass is 291 g/mol. The average molecular weight is 291 g/mol. The first kappa shape index (κ1) is 15.8. The van der Waals surface area contributed by atoms with Gasteiger partial charge in [0.2, 0.25) is 5.91 Å². The van der Waals surface area contributed by atoms with Crippen LogP contribution in [0.15, 0.2) is 18.2 Å². The van der Waals surface area contributed by atoms with Crippen LogP contribution in [0.1, 0.15) is 43.7 Å². The number of carbonyl (C=O) groups excluding carboxylic acids is 1. The lowest BCUT2D eigenvalue weighted by atomic mass is 9.99. The van der Waals surface area contributed by atoms with E-state index in [0.29, 0.717) is 18.9 Å². The fourth-order valence-electron chi connectivity index (χ4n) is 2.53. The van der Waals surface area contributed by atoms with E-state index >= 15 is 0 Å². The molecule has 1 aliphatic rings. The third-order valence-electron chi connectivity index (χ3n) is 3.88. The molecular formula is C17H25NO3. The summed E-state index contributed by atoms with van der Waals surface area (Å²) < 4.78 is 10.9. The summed E-state index contributed by atoms with van der Waals surface area (Å²) in [6.07, 6.45) is 2.64. The molecule has 2 rings (SSSR count). The lowest BCUT2D eigenvalue weighted by molar-refractivity contribution is -0.120. The van der Waals surface area contributed by atoms with E-state index in [1.807, 2.05) is 12.1 Å². The third-order valence-corrected chi connectivity index (χ3v) is 3.88. The Morgan fingerprint density at radius 3 is 2.90 bits per heavy atom. The number of amides is 1. The minimum Gasteiger partial charge on any atom is -0.496 e. The highest BCUT2D eigenvalue weighted by Crippen LogP contribution is 2.25. The normalized spacial score (nSPS) is 18.0. The molecule has 1 amide bonds. The summed E-state index contributed by atoms with van der Waals surface area (Å²) in [5.41, 5.74) is 2.14. The van der Waals surface area contributed by atoms with Gasteiger partial charge in [-0.05, 0) is 30.4 Å². The van der Waals surface area contributed by atoms with E-state index in [1.54, 1.807) is 7.11 Å². The van der Waals surface area contributed by atoms with Crippen molar-refractivity contribution in [3.05, 3.63) is 29.3 Å². The zero-order valence-corrected chi connectivity index (χ0v) is 13.1. The van der Waals surface area contributed by atoms with Crippen LogP contribution in [0.2, 0.25) is 0 Å². The van der Waals surface area contributed by atoms with Gasteiger partial charge in [-0.3, -0.25) is 4.79 Å². The molecule has 4 heteroatoms. The number of hydrogen-bond donors (Lipinski definition) is 1. The molecule has 1 aromatic rings. The van der Waals surface area contributed by atoms with Crippen LogP contribution in [0.4, 0.5) is 0 Å². The largest absolute Gasteiger partial charge is 0.496 e.